The van der Waals surface area contributed by atoms with Crippen LogP contribution in [0.1, 0.15) is 77.3 Å². The first-order chi connectivity index (χ1) is 23.5. The maximum Gasteiger partial charge on any atom is 0.120 e. The summed E-state index contributed by atoms with van der Waals surface area (Å²) in [6.45, 7) is 20.2. The third kappa shape index (κ3) is 8.68. The molecule has 0 N–H and O–H groups in total. The van der Waals surface area contributed by atoms with E-state index in [2.05, 4.69) is 114 Å². The predicted octanol–water partition coefficient (Wildman–Crippen LogP) is 12.1. The van der Waals surface area contributed by atoms with E-state index >= 15 is 0 Å². The fourth-order valence-electron chi connectivity index (χ4n) is 6.91. The van der Waals surface area contributed by atoms with Gasteiger partial charge in [0.25, 0.3) is 0 Å². The van der Waals surface area contributed by atoms with E-state index in [1.165, 1.54) is 27.1 Å². The average Bonchev–Trinajstić information content (AvgIpc) is 3.48. The molecule has 0 aliphatic rings. The summed E-state index contributed by atoms with van der Waals surface area (Å²) in [4.78, 5) is 9.13. The van der Waals surface area contributed by atoms with Crippen molar-refractivity contribution in [2.45, 2.75) is 92.8 Å². The van der Waals surface area contributed by atoms with E-state index in [1.54, 1.807) is 0 Å². The number of aromatic nitrogens is 2. The number of rotatable bonds is 10. The van der Waals surface area contributed by atoms with Crippen molar-refractivity contribution in [2.24, 2.45) is 11.8 Å². The maximum absolute atomic E-state index is 9.87. The number of furan rings is 1. The van der Waals surface area contributed by atoms with Crippen LogP contribution in [-0.2, 0) is 20.1 Å². The number of hydrogen-bond donors (Lipinski definition) is 0. The van der Waals surface area contributed by atoms with E-state index in [9.17, 15) is 1.37 Å². The van der Waals surface area contributed by atoms with Gasteiger partial charge in [-0.05, 0) is 72.3 Å². The Hall–Kier alpha value is -3.37. The van der Waals surface area contributed by atoms with Crippen molar-refractivity contribution < 1.29 is 25.9 Å². The van der Waals surface area contributed by atoms with Crippen LogP contribution < -0.4 is 5.19 Å². The summed E-state index contributed by atoms with van der Waals surface area (Å²) in [6, 6.07) is 31.5. The molecule has 5 heteroatoms. The molecule has 1 radical (unpaired) electrons. The van der Waals surface area contributed by atoms with Crippen LogP contribution in [0, 0.1) is 37.8 Å². The van der Waals surface area contributed by atoms with Crippen LogP contribution in [0.4, 0.5) is 0 Å². The molecule has 0 unspecified atom stereocenters. The van der Waals surface area contributed by atoms with Crippen LogP contribution in [0.5, 0.6) is 0 Å². The summed E-state index contributed by atoms with van der Waals surface area (Å²) in [5.74, 6) is -0.0530. The van der Waals surface area contributed by atoms with Gasteiger partial charge in [-0.25, -0.2) is 0 Å². The SMILES string of the molecule is Cc1ccc(-c2[c-]cccc2)nc1.[2H]C(c1ccnc(-c2[c-]cc([Si](C)(C)C)c3c2oc2ccc(C)cc23)c1)(C(CC)CC)C(CC)CC.[Ir]. The Morgan fingerprint density at radius 1 is 0.796 bits per heavy atom. The second-order valence-corrected chi connectivity index (χ2v) is 19.1. The van der Waals surface area contributed by atoms with Gasteiger partial charge in [-0.1, -0.05) is 114 Å². The summed E-state index contributed by atoms with van der Waals surface area (Å²) < 4.78 is 16.4. The number of benzene rings is 3. The molecule has 0 saturated carbocycles. The Morgan fingerprint density at radius 2 is 1.49 bits per heavy atom. The molecule has 6 aromatic rings. The van der Waals surface area contributed by atoms with E-state index in [0.717, 1.165) is 64.9 Å². The van der Waals surface area contributed by atoms with Gasteiger partial charge in [0.05, 0.1) is 5.58 Å². The minimum Gasteiger partial charge on any atom is -0.501 e. The van der Waals surface area contributed by atoms with Crippen LogP contribution in [0.25, 0.3) is 44.5 Å². The molecule has 0 fully saturated rings. The van der Waals surface area contributed by atoms with Crippen molar-refractivity contribution in [3.8, 4) is 22.5 Å². The molecule has 3 aromatic heterocycles. The van der Waals surface area contributed by atoms with Crippen molar-refractivity contribution in [3.05, 3.63) is 114 Å². The Balaban J connectivity index is 0.000000335. The van der Waals surface area contributed by atoms with Gasteiger partial charge in [0, 0.05) is 47.3 Å². The summed E-state index contributed by atoms with van der Waals surface area (Å²) >= 11 is 0. The number of fused-ring (bicyclic) bond motifs is 3. The van der Waals surface area contributed by atoms with Gasteiger partial charge in [-0.15, -0.1) is 53.2 Å². The van der Waals surface area contributed by atoms with Crippen molar-refractivity contribution >= 4 is 35.2 Å². The largest absolute Gasteiger partial charge is 0.501 e. The van der Waals surface area contributed by atoms with Crippen LogP contribution in [0.15, 0.2) is 89.6 Å². The molecule has 0 spiro atoms. The van der Waals surface area contributed by atoms with Crippen LogP contribution >= 0.6 is 0 Å². The number of aryl methyl sites for hydroxylation is 2. The zero-order valence-electron chi connectivity index (χ0n) is 31.7. The first kappa shape index (κ1) is 36.9. The Kier molecular flexibility index (Phi) is 12.8. The Bertz CT molecular complexity index is 1980. The molecule has 0 aliphatic carbocycles. The van der Waals surface area contributed by atoms with Crippen LogP contribution in [0.3, 0.4) is 0 Å². The molecule has 0 saturated heterocycles. The second kappa shape index (κ2) is 17.0. The zero-order valence-corrected chi connectivity index (χ0v) is 34.1. The minimum absolute atomic E-state index is 0. The summed E-state index contributed by atoms with van der Waals surface area (Å²) in [5, 5.41) is 3.76. The molecule has 0 atom stereocenters. The van der Waals surface area contributed by atoms with Gasteiger partial charge in [-0.2, -0.15) is 0 Å². The second-order valence-electron chi connectivity index (χ2n) is 14.0. The molecular formula is C44H52IrN2OSi-2. The van der Waals surface area contributed by atoms with Crippen molar-refractivity contribution in [2.75, 3.05) is 0 Å². The molecule has 49 heavy (non-hydrogen) atoms. The third-order valence-corrected chi connectivity index (χ3v) is 11.6. The summed E-state index contributed by atoms with van der Waals surface area (Å²) in [6.07, 6.45) is 7.75. The number of nitrogens with zero attached hydrogens (tertiary/aromatic N) is 2. The Morgan fingerprint density at radius 3 is 2.08 bits per heavy atom. The van der Waals surface area contributed by atoms with E-state index < -0.39 is 14.0 Å². The van der Waals surface area contributed by atoms with Gasteiger partial charge >= 0.3 is 0 Å². The number of hydrogen-bond acceptors (Lipinski definition) is 3. The van der Waals surface area contributed by atoms with Gasteiger partial charge in [-0.3, -0.25) is 0 Å². The minimum atomic E-state index is -1.65. The van der Waals surface area contributed by atoms with E-state index in [0.29, 0.717) is 11.8 Å². The quantitative estimate of drug-likeness (QED) is 0.102. The van der Waals surface area contributed by atoms with Gasteiger partial charge in [0.2, 0.25) is 0 Å². The molecule has 0 amide bonds. The molecule has 0 aliphatic heterocycles. The molecule has 259 valence electrons. The molecule has 3 nitrogen and oxygen atoms in total. The zero-order chi connectivity index (χ0) is 35.3. The van der Waals surface area contributed by atoms with E-state index in [1.807, 2.05) is 49.6 Å². The smallest absolute Gasteiger partial charge is 0.120 e. The monoisotopic (exact) mass is 846 g/mol. The predicted molar refractivity (Wildman–Crippen MR) is 208 cm³/mol. The molecular weight excluding hydrogens is 793 g/mol. The standard InChI is InChI=1S/C32H42NOSi.C12H10N.Ir/c1-9-22(10-2)30(23(11-3)12-4)24-17-18-33-27(20-24)25-14-16-29(35(6,7)8)31-26-19-21(5)13-15-28(26)34-32(25)31;1-10-7-8-12(13-9-10)11-5-3-2-4-6-11;/h13,15-20,22-23,30H,9-12H2,1-8H3;2-5,7-9H,1H3;/q2*-1;/i30D;;. The van der Waals surface area contributed by atoms with Crippen molar-refractivity contribution in [3.63, 3.8) is 0 Å². The van der Waals surface area contributed by atoms with E-state index in [-0.39, 0.29) is 20.1 Å². The molecule has 3 aromatic carbocycles. The van der Waals surface area contributed by atoms with Crippen molar-refractivity contribution in [1.29, 1.82) is 0 Å². The summed E-state index contributed by atoms with van der Waals surface area (Å²) in [5.41, 5.74) is 9.04. The van der Waals surface area contributed by atoms with Crippen LogP contribution in [-0.4, -0.2) is 18.0 Å². The van der Waals surface area contributed by atoms with E-state index in [4.69, 9.17) is 9.40 Å². The maximum atomic E-state index is 9.87. The van der Waals surface area contributed by atoms with Gasteiger partial charge in [0.1, 0.15) is 5.58 Å². The Labute approximate surface area is 310 Å². The first-order valence-electron chi connectivity index (χ1n) is 18.2. The number of pyridine rings is 2. The first-order valence-corrected chi connectivity index (χ1v) is 21.2. The molecule has 0 bridgehead atoms. The van der Waals surface area contributed by atoms with Crippen LogP contribution in [0.2, 0.25) is 19.6 Å². The average molecular weight is 846 g/mol. The molecule has 6 rings (SSSR count). The normalized spacial score (nSPS) is 12.2. The molecule has 3 heterocycles. The van der Waals surface area contributed by atoms with Gasteiger partial charge < -0.3 is 14.4 Å². The topological polar surface area (TPSA) is 38.9 Å². The summed E-state index contributed by atoms with van der Waals surface area (Å²) in [7, 11) is -1.65. The van der Waals surface area contributed by atoms with Crippen molar-refractivity contribution in [1.82, 2.24) is 9.97 Å². The fraction of sp³-hybridized carbons (Fsp3) is 0.364. The fourth-order valence-corrected chi connectivity index (χ4v) is 8.41. The third-order valence-electron chi connectivity index (χ3n) is 9.61. The van der Waals surface area contributed by atoms with Gasteiger partial charge in [0.15, 0.2) is 0 Å².